The van der Waals surface area contributed by atoms with Crippen molar-refractivity contribution >= 4 is 49.0 Å². The molecule has 1 aromatic heterocycles. The first-order chi connectivity index (χ1) is 18.8. The summed E-state index contributed by atoms with van der Waals surface area (Å²) >= 11 is 0. The first-order valence-electron chi connectivity index (χ1n) is 12.7. The van der Waals surface area contributed by atoms with Crippen LogP contribution in [-0.4, -0.2) is 29.9 Å². The molecule has 198 valence electrons. The first-order valence-corrected chi connectivity index (χ1v) is 14.2. The van der Waals surface area contributed by atoms with Crippen molar-refractivity contribution in [1.29, 1.82) is 0 Å². The van der Waals surface area contributed by atoms with Crippen LogP contribution in [0.4, 0.5) is 8.78 Å². The SMILES string of the molecule is O=C1CCC=CC=C1c1c(C(=O)NS(=O)(=O)C2CC2)n(Cc2ccccc2F)c2cc(F)c3ccccc3c12. The standard InChI is InChI=1S/C30H24F2N2O4S/c31-23-12-7-4-8-18(23)17-34-25-16-24(32)20-9-5-6-10-21(20)27(25)28(22-11-2-1-3-13-26(22)35)29(34)30(36)33-39(37,38)19-14-15-19/h1-2,4-12,16,19H,3,13-15,17H2,(H,33,36). The summed E-state index contributed by atoms with van der Waals surface area (Å²) < 4.78 is 59.6. The van der Waals surface area contributed by atoms with Gasteiger partial charge in [-0.15, -0.1) is 0 Å². The Morgan fingerprint density at radius 2 is 1.72 bits per heavy atom. The maximum absolute atomic E-state index is 15.4. The van der Waals surface area contributed by atoms with E-state index in [0.29, 0.717) is 30.0 Å². The average Bonchev–Trinajstić information content (AvgIpc) is 3.74. The Morgan fingerprint density at radius 3 is 2.46 bits per heavy atom. The second kappa shape index (κ2) is 9.57. The maximum Gasteiger partial charge on any atom is 0.282 e. The van der Waals surface area contributed by atoms with Gasteiger partial charge >= 0.3 is 0 Å². The largest absolute Gasteiger partial charge is 0.331 e. The number of hydrogen-bond acceptors (Lipinski definition) is 4. The van der Waals surface area contributed by atoms with Gasteiger partial charge < -0.3 is 4.57 Å². The summed E-state index contributed by atoms with van der Waals surface area (Å²) in [4.78, 5) is 27.2. The molecule has 6 rings (SSSR count). The minimum absolute atomic E-state index is 0.136. The van der Waals surface area contributed by atoms with Gasteiger partial charge in [0.15, 0.2) is 5.78 Å². The van der Waals surface area contributed by atoms with Crippen LogP contribution in [0.25, 0.3) is 27.2 Å². The molecule has 1 saturated carbocycles. The predicted octanol–water partition coefficient (Wildman–Crippen LogP) is 5.65. The number of Topliss-reactive ketones (excluding diaryl/α,β-unsaturated/α-hetero) is 1. The van der Waals surface area contributed by atoms with Crippen LogP contribution in [-0.2, 0) is 21.4 Å². The lowest BCUT2D eigenvalue weighted by Gasteiger charge is -2.14. The van der Waals surface area contributed by atoms with Gasteiger partial charge in [0.2, 0.25) is 10.0 Å². The number of ketones is 1. The Balaban J connectivity index is 1.72. The molecule has 2 aliphatic rings. The second-order valence-corrected chi connectivity index (χ2v) is 11.8. The Labute approximate surface area is 223 Å². The smallest absolute Gasteiger partial charge is 0.282 e. The summed E-state index contributed by atoms with van der Waals surface area (Å²) in [5.74, 6) is -2.28. The van der Waals surface area contributed by atoms with Gasteiger partial charge in [-0.25, -0.2) is 21.9 Å². The molecule has 39 heavy (non-hydrogen) atoms. The maximum atomic E-state index is 15.4. The Morgan fingerprint density at radius 1 is 1.00 bits per heavy atom. The summed E-state index contributed by atoms with van der Waals surface area (Å²) in [6, 6.07) is 13.9. The van der Waals surface area contributed by atoms with E-state index >= 15 is 4.39 Å². The molecule has 1 N–H and O–H groups in total. The van der Waals surface area contributed by atoms with Gasteiger partial charge in [-0.05, 0) is 36.8 Å². The van der Waals surface area contributed by atoms with Crippen molar-refractivity contribution in [3.8, 4) is 0 Å². The van der Waals surface area contributed by atoms with Gasteiger partial charge in [0.1, 0.15) is 17.3 Å². The van der Waals surface area contributed by atoms with E-state index in [2.05, 4.69) is 4.72 Å². The third-order valence-electron chi connectivity index (χ3n) is 7.23. The molecule has 1 heterocycles. The zero-order chi connectivity index (χ0) is 27.3. The lowest BCUT2D eigenvalue weighted by atomic mass is 9.93. The second-order valence-electron chi connectivity index (χ2n) is 9.85. The normalized spacial score (nSPS) is 15.9. The number of benzene rings is 3. The molecule has 2 aliphatic carbocycles. The molecular weight excluding hydrogens is 522 g/mol. The number of nitrogens with one attached hydrogen (secondary N) is 1. The van der Waals surface area contributed by atoms with E-state index in [4.69, 9.17) is 0 Å². The van der Waals surface area contributed by atoms with E-state index < -0.39 is 32.8 Å². The highest BCUT2D eigenvalue weighted by Gasteiger charge is 2.39. The van der Waals surface area contributed by atoms with Crippen molar-refractivity contribution < 1.29 is 26.8 Å². The average molecular weight is 547 g/mol. The summed E-state index contributed by atoms with van der Waals surface area (Å²) in [6.07, 6.45) is 6.72. The van der Waals surface area contributed by atoms with E-state index in [1.807, 2.05) is 6.08 Å². The van der Waals surface area contributed by atoms with Crippen molar-refractivity contribution in [3.63, 3.8) is 0 Å². The highest BCUT2D eigenvalue weighted by molar-refractivity contribution is 7.91. The number of allylic oxidation sites excluding steroid dienone is 4. The Hall–Kier alpha value is -4.11. The molecule has 4 aromatic rings. The van der Waals surface area contributed by atoms with E-state index in [1.54, 1.807) is 48.6 Å². The number of halogens is 2. The lowest BCUT2D eigenvalue weighted by Crippen LogP contribution is -2.35. The quantitative estimate of drug-likeness (QED) is 0.339. The van der Waals surface area contributed by atoms with Gasteiger partial charge in [-0.2, -0.15) is 0 Å². The van der Waals surface area contributed by atoms with E-state index in [0.717, 1.165) is 0 Å². The first kappa shape index (κ1) is 25.2. The zero-order valence-electron chi connectivity index (χ0n) is 20.8. The zero-order valence-corrected chi connectivity index (χ0v) is 21.6. The van der Waals surface area contributed by atoms with Crippen molar-refractivity contribution in [1.82, 2.24) is 9.29 Å². The highest BCUT2D eigenvalue weighted by atomic mass is 32.2. The van der Waals surface area contributed by atoms with Crippen molar-refractivity contribution in [2.75, 3.05) is 0 Å². The summed E-state index contributed by atoms with van der Waals surface area (Å²) in [5, 5.41) is 0.487. The fraction of sp³-hybridized carbons (Fsp3) is 0.200. The van der Waals surface area contributed by atoms with Crippen LogP contribution in [0.2, 0.25) is 0 Å². The molecule has 0 saturated heterocycles. The van der Waals surface area contributed by atoms with Crippen LogP contribution in [0.15, 0.2) is 72.8 Å². The molecule has 0 bridgehead atoms. The van der Waals surface area contributed by atoms with E-state index in [9.17, 15) is 22.4 Å². The number of amides is 1. The lowest BCUT2D eigenvalue weighted by molar-refractivity contribution is -0.113. The Kier molecular flexibility index (Phi) is 6.18. The van der Waals surface area contributed by atoms with Crippen LogP contribution in [0, 0.1) is 11.6 Å². The molecule has 1 amide bonds. The van der Waals surface area contributed by atoms with Crippen molar-refractivity contribution in [2.24, 2.45) is 0 Å². The van der Waals surface area contributed by atoms with Gasteiger partial charge in [0.25, 0.3) is 5.91 Å². The van der Waals surface area contributed by atoms with Gasteiger partial charge in [0, 0.05) is 33.9 Å². The number of fused-ring (bicyclic) bond motifs is 3. The van der Waals surface area contributed by atoms with E-state index in [1.165, 1.54) is 22.8 Å². The number of hydrogen-bond donors (Lipinski definition) is 1. The molecule has 0 unspecified atom stereocenters. The minimum Gasteiger partial charge on any atom is -0.331 e. The highest BCUT2D eigenvalue weighted by Crippen LogP contribution is 2.40. The summed E-state index contributed by atoms with van der Waals surface area (Å²) in [6.45, 7) is -0.190. The van der Waals surface area contributed by atoms with Crippen molar-refractivity contribution in [3.05, 3.63) is 101 Å². The molecule has 6 nitrogen and oxygen atoms in total. The number of aromatic nitrogens is 1. The van der Waals surface area contributed by atoms with E-state index in [-0.39, 0.29) is 52.0 Å². The van der Waals surface area contributed by atoms with Crippen LogP contribution >= 0.6 is 0 Å². The molecule has 0 aliphatic heterocycles. The third-order valence-corrected chi connectivity index (χ3v) is 9.05. The fourth-order valence-corrected chi connectivity index (χ4v) is 6.47. The molecule has 9 heteroatoms. The number of carbonyl (C=O) groups excluding carboxylic acids is 2. The number of nitrogens with zero attached hydrogens (tertiary/aromatic N) is 1. The van der Waals surface area contributed by atoms with Gasteiger partial charge in [-0.1, -0.05) is 60.7 Å². The number of carbonyl (C=O) groups is 2. The fourth-order valence-electron chi connectivity index (χ4n) is 5.19. The Bertz CT molecular complexity index is 1850. The summed E-state index contributed by atoms with van der Waals surface area (Å²) in [7, 11) is -3.97. The molecule has 0 atom stereocenters. The molecule has 1 fully saturated rings. The van der Waals surface area contributed by atoms with Gasteiger partial charge in [-0.3, -0.25) is 9.59 Å². The van der Waals surface area contributed by atoms with Crippen molar-refractivity contribution in [2.45, 2.75) is 37.5 Å². The molecular formula is C30H24F2N2O4S. The number of rotatable bonds is 6. The van der Waals surface area contributed by atoms with Crippen LogP contribution in [0.3, 0.4) is 0 Å². The topological polar surface area (TPSA) is 85.2 Å². The minimum atomic E-state index is -3.97. The molecule has 3 aromatic carbocycles. The van der Waals surface area contributed by atoms with Crippen LogP contribution < -0.4 is 4.72 Å². The molecule has 0 radical (unpaired) electrons. The van der Waals surface area contributed by atoms with Crippen LogP contribution in [0.1, 0.15) is 47.3 Å². The molecule has 0 spiro atoms. The predicted molar refractivity (Wildman–Crippen MR) is 146 cm³/mol. The monoisotopic (exact) mass is 546 g/mol. The van der Waals surface area contributed by atoms with Gasteiger partial charge in [0.05, 0.1) is 17.3 Å². The number of sulfonamides is 1. The third kappa shape index (κ3) is 4.46. The van der Waals surface area contributed by atoms with Crippen LogP contribution in [0.5, 0.6) is 0 Å². The summed E-state index contributed by atoms with van der Waals surface area (Å²) in [5.41, 5.74) is 0.752.